The minimum atomic E-state index is -0.256. The van der Waals surface area contributed by atoms with Gasteiger partial charge in [0.25, 0.3) is 5.56 Å². The summed E-state index contributed by atoms with van der Waals surface area (Å²) in [5.41, 5.74) is 4.32. The molecule has 2 aromatic heterocycles. The maximum Gasteiger partial charge on any atom is 0.364 e. The Hall–Kier alpha value is -2.83. The highest BCUT2D eigenvalue weighted by Crippen LogP contribution is 2.29. The highest BCUT2D eigenvalue weighted by molar-refractivity contribution is 5.70. The van der Waals surface area contributed by atoms with Crippen LogP contribution in [0.15, 0.2) is 27.8 Å². The van der Waals surface area contributed by atoms with E-state index in [9.17, 15) is 9.59 Å². The van der Waals surface area contributed by atoms with E-state index in [0.717, 1.165) is 44.0 Å². The van der Waals surface area contributed by atoms with E-state index in [0.29, 0.717) is 23.6 Å². The first-order valence-electron chi connectivity index (χ1n) is 10.9. The molecule has 0 fully saturated rings. The minimum Gasteiger partial charge on any atom is -0.267 e. The van der Waals surface area contributed by atoms with Crippen molar-refractivity contribution in [2.45, 2.75) is 60.0 Å². The molecule has 0 saturated heterocycles. The number of hydrogen-bond acceptors (Lipinski definition) is 3. The van der Waals surface area contributed by atoms with Crippen molar-refractivity contribution in [3.8, 4) is 0 Å². The third-order valence-corrected chi connectivity index (χ3v) is 6.31. The van der Waals surface area contributed by atoms with Crippen molar-refractivity contribution in [3.05, 3.63) is 50.2 Å². The van der Waals surface area contributed by atoms with Gasteiger partial charge in [-0.2, -0.15) is 0 Å². The molecule has 3 aromatic rings. The number of H-pyrrole nitrogens is 1. The van der Waals surface area contributed by atoms with E-state index < -0.39 is 0 Å². The molecule has 0 amide bonds. The molecule has 0 unspecified atom stereocenters. The molecule has 1 aliphatic rings. The second-order valence-electron chi connectivity index (χ2n) is 8.75. The number of unbranched alkanes of at least 4 members (excludes halogenated alkanes) is 2. The van der Waals surface area contributed by atoms with Gasteiger partial charge < -0.3 is 0 Å². The Labute approximate surface area is 176 Å². The second kappa shape index (κ2) is 7.78. The van der Waals surface area contributed by atoms with Crippen LogP contribution in [-0.4, -0.2) is 20.7 Å². The summed E-state index contributed by atoms with van der Waals surface area (Å²) in [6.45, 7) is 10.6. The predicted octanol–water partition coefficient (Wildman–Crippen LogP) is 2.91. The summed E-state index contributed by atoms with van der Waals surface area (Å²) in [6.07, 6.45) is 2.89. The smallest absolute Gasteiger partial charge is 0.267 e. The standard InChI is InChI=1S/C23H31N5O2/c1-6-7-8-11-26-21(29)19-20(25(5)23(26)30)24-22-27(13-15(2)14-28(19)22)18-10-9-16(3)17(4)12-18/h9-10,12,15H,6-8,11,13-14H2,1-5H3/p+1/t15-/m1/s1. The van der Waals surface area contributed by atoms with Gasteiger partial charge in [0.05, 0.1) is 13.1 Å². The molecule has 0 spiro atoms. The van der Waals surface area contributed by atoms with Gasteiger partial charge in [0.2, 0.25) is 11.2 Å². The number of anilines is 2. The number of nitrogens with one attached hydrogen (secondary N) is 1. The van der Waals surface area contributed by atoms with Crippen molar-refractivity contribution in [2.24, 2.45) is 13.0 Å². The predicted molar refractivity (Wildman–Crippen MR) is 120 cm³/mol. The Balaban J connectivity index is 1.92. The molecule has 0 saturated carbocycles. The number of nitrogens with zero attached hydrogens (tertiary/aromatic N) is 4. The lowest BCUT2D eigenvalue weighted by molar-refractivity contribution is -0.669. The fourth-order valence-corrected chi connectivity index (χ4v) is 4.41. The molecule has 0 aliphatic carbocycles. The molecular weight excluding hydrogens is 378 g/mol. The molecule has 160 valence electrons. The summed E-state index contributed by atoms with van der Waals surface area (Å²) in [5, 5.41) is 0. The maximum atomic E-state index is 13.4. The normalized spacial score (nSPS) is 16.3. The Morgan fingerprint density at radius 3 is 2.63 bits per heavy atom. The van der Waals surface area contributed by atoms with Crippen LogP contribution in [0.4, 0.5) is 11.6 Å². The number of rotatable bonds is 5. The third-order valence-electron chi connectivity index (χ3n) is 6.31. The Kier molecular flexibility index (Phi) is 5.30. The highest BCUT2D eigenvalue weighted by atomic mass is 16.2. The van der Waals surface area contributed by atoms with Crippen LogP contribution in [0.5, 0.6) is 0 Å². The molecule has 7 nitrogen and oxygen atoms in total. The first kappa shape index (κ1) is 20.4. The quantitative estimate of drug-likeness (QED) is 0.520. The van der Waals surface area contributed by atoms with Crippen LogP contribution < -0.4 is 20.7 Å². The topological polar surface area (TPSA) is 66.9 Å². The Morgan fingerprint density at radius 2 is 1.93 bits per heavy atom. The number of imidazole rings is 1. The van der Waals surface area contributed by atoms with Crippen LogP contribution in [0.3, 0.4) is 0 Å². The molecule has 1 aliphatic heterocycles. The molecule has 1 aromatic carbocycles. The number of aromatic amines is 1. The van der Waals surface area contributed by atoms with E-state index in [4.69, 9.17) is 0 Å². The van der Waals surface area contributed by atoms with Crippen molar-refractivity contribution in [1.29, 1.82) is 0 Å². The van der Waals surface area contributed by atoms with Crippen molar-refractivity contribution in [3.63, 3.8) is 0 Å². The van der Waals surface area contributed by atoms with Crippen LogP contribution in [0.2, 0.25) is 0 Å². The van der Waals surface area contributed by atoms with E-state index in [-0.39, 0.29) is 11.2 Å². The molecule has 30 heavy (non-hydrogen) atoms. The van der Waals surface area contributed by atoms with Gasteiger partial charge >= 0.3 is 11.6 Å². The summed E-state index contributed by atoms with van der Waals surface area (Å²) in [6, 6.07) is 6.44. The molecule has 7 heteroatoms. The molecular formula is C23H32N5O2+. The second-order valence-corrected chi connectivity index (χ2v) is 8.75. The van der Waals surface area contributed by atoms with Gasteiger partial charge in [0.1, 0.15) is 5.69 Å². The summed E-state index contributed by atoms with van der Waals surface area (Å²) < 4.78 is 5.05. The maximum absolute atomic E-state index is 13.4. The van der Waals surface area contributed by atoms with Gasteiger partial charge in [0, 0.05) is 19.5 Å². The summed E-state index contributed by atoms with van der Waals surface area (Å²) in [5.74, 6) is 1.23. The SMILES string of the molecule is CCCCCn1c(=O)c2c([nH]c3[n+]2C[C@H](C)CN3c2ccc(C)c(C)c2)n(C)c1=O. The number of aryl methyl sites for hydroxylation is 3. The molecule has 1 N–H and O–H groups in total. The van der Waals surface area contributed by atoms with E-state index in [1.54, 1.807) is 11.6 Å². The monoisotopic (exact) mass is 410 g/mol. The summed E-state index contributed by atoms with van der Waals surface area (Å²) in [4.78, 5) is 31.9. The lowest BCUT2D eigenvalue weighted by Crippen LogP contribution is -2.52. The van der Waals surface area contributed by atoms with Crippen LogP contribution in [0.1, 0.15) is 44.2 Å². The largest absolute Gasteiger partial charge is 0.364 e. The molecule has 0 radical (unpaired) electrons. The average Bonchev–Trinajstić information content (AvgIpc) is 3.10. The summed E-state index contributed by atoms with van der Waals surface area (Å²) >= 11 is 0. The van der Waals surface area contributed by atoms with Crippen LogP contribution in [-0.2, 0) is 20.1 Å². The number of benzene rings is 1. The van der Waals surface area contributed by atoms with Gasteiger partial charge in [-0.25, -0.2) is 19.2 Å². The highest BCUT2D eigenvalue weighted by Gasteiger charge is 2.36. The molecule has 0 bridgehead atoms. The Morgan fingerprint density at radius 1 is 1.17 bits per heavy atom. The molecule has 1 atom stereocenters. The summed E-state index contributed by atoms with van der Waals surface area (Å²) in [7, 11) is 1.74. The lowest BCUT2D eigenvalue weighted by Gasteiger charge is -2.26. The third kappa shape index (κ3) is 3.26. The van der Waals surface area contributed by atoms with Crippen molar-refractivity contribution >= 4 is 22.8 Å². The van der Waals surface area contributed by atoms with E-state index >= 15 is 0 Å². The van der Waals surface area contributed by atoms with Crippen molar-refractivity contribution in [2.75, 3.05) is 11.4 Å². The zero-order valence-electron chi connectivity index (χ0n) is 18.7. The first-order valence-corrected chi connectivity index (χ1v) is 10.9. The van der Waals surface area contributed by atoms with Gasteiger partial charge in [0.15, 0.2) is 0 Å². The van der Waals surface area contributed by atoms with Crippen LogP contribution in [0, 0.1) is 19.8 Å². The van der Waals surface area contributed by atoms with E-state index in [2.05, 4.69) is 60.3 Å². The van der Waals surface area contributed by atoms with Gasteiger partial charge in [-0.1, -0.05) is 32.8 Å². The van der Waals surface area contributed by atoms with Gasteiger partial charge in [-0.15, -0.1) is 0 Å². The molecule has 4 rings (SSSR count). The first-order chi connectivity index (χ1) is 14.3. The average molecular weight is 411 g/mol. The zero-order valence-corrected chi connectivity index (χ0v) is 18.7. The number of fused-ring (bicyclic) bond motifs is 3. The van der Waals surface area contributed by atoms with Crippen molar-refractivity contribution in [1.82, 2.24) is 14.1 Å². The van der Waals surface area contributed by atoms with E-state index in [1.165, 1.54) is 15.7 Å². The number of hydrogen-bond donors (Lipinski definition) is 1. The zero-order chi connectivity index (χ0) is 21.6. The van der Waals surface area contributed by atoms with Gasteiger partial charge in [-0.05, 0) is 43.5 Å². The lowest BCUT2D eigenvalue weighted by atomic mass is 10.1. The fraction of sp³-hybridized carbons (Fsp3) is 0.522. The van der Waals surface area contributed by atoms with Crippen molar-refractivity contribution < 1.29 is 4.57 Å². The van der Waals surface area contributed by atoms with Crippen LogP contribution in [0.25, 0.3) is 11.2 Å². The minimum absolute atomic E-state index is 0.194. The Bertz CT molecular complexity index is 1220. The van der Waals surface area contributed by atoms with Gasteiger partial charge in [-0.3, -0.25) is 13.9 Å². The molecule has 3 heterocycles. The number of aromatic nitrogens is 4. The van der Waals surface area contributed by atoms with E-state index in [1.807, 2.05) is 0 Å². The van der Waals surface area contributed by atoms with Crippen LogP contribution >= 0.6 is 0 Å². The fourth-order valence-electron chi connectivity index (χ4n) is 4.41.